The van der Waals surface area contributed by atoms with Crippen molar-refractivity contribution in [3.8, 4) is 22.3 Å². The minimum Gasteiger partial charge on any atom is -0.456 e. The Kier molecular flexibility index (Phi) is 5.32. The number of hydrogen-bond donors (Lipinski definition) is 0. The second-order valence-electron chi connectivity index (χ2n) is 12.8. The SMILES string of the molecule is c1ccc2cc(-c3c4ccccc4c(-c4ccc5oc6cc7sc8ccc9ccccc9c8c7cc6c5c4)c4ccccc34)ccc2c1. The van der Waals surface area contributed by atoms with E-state index >= 15 is 0 Å². The van der Waals surface area contributed by atoms with E-state index in [9.17, 15) is 0 Å². The summed E-state index contributed by atoms with van der Waals surface area (Å²) < 4.78 is 9.10. The van der Waals surface area contributed by atoms with Gasteiger partial charge in [0, 0.05) is 30.9 Å². The summed E-state index contributed by atoms with van der Waals surface area (Å²) in [5, 5.41) is 15.1. The first-order valence-electron chi connectivity index (χ1n) is 16.4. The first kappa shape index (κ1) is 26.1. The molecule has 0 aliphatic heterocycles. The van der Waals surface area contributed by atoms with Crippen LogP contribution in [0.15, 0.2) is 162 Å². The van der Waals surface area contributed by atoms with Crippen molar-refractivity contribution in [1.82, 2.24) is 0 Å². The summed E-state index contributed by atoms with van der Waals surface area (Å²) >= 11 is 1.84. The first-order chi connectivity index (χ1) is 23.8. The van der Waals surface area contributed by atoms with Gasteiger partial charge in [0.15, 0.2) is 0 Å². The van der Waals surface area contributed by atoms with Gasteiger partial charge in [-0.25, -0.2) is 0 Å². The minimum absolute atomic E-state index is 0.918. The Morgan fingerprint density at radius 2 is 0.896 bits per heavy atom. The molecule has 11 rings (SSSR count). The van der Waals surface area contributed by atoms with Crippen LogP contribution in [0.1, 0.15) is 0 Å². The summed E-state index contributed by atoms with van der Waals surface area (Å²) in [4.78, 5) is 0. The van der Waals surface area contributed by atoms with E-state index in [1.54, 1.807) is 0 Å². The van der Waals surface area contributed by atoms with Crippen LogP contribution in [0.3, 0.4) is 0 Å². The van der Waals surface area contributed by atoms with Crippen LogP contribution in [0.4, 0.5) is 0 Å². The number of benzene rings is 9. The summed E-state index contributed by atoms with van der Waals surface area (Å²) in [5.41, 5.74) is 6.83. The van der Waals surface area contributed by atoms with Gasteiger partial charge in [0.2, 0.25) is 0 Å². The molecular weight excluding hydrogens is 601 g/mol. The van der Waals surface area contributed by atoms with Crippen LogP contribution in [-0.2, 0) is 0 Å². The van der Waals surface area contributed by atoms with Gasteiger partial charge in [-0.05, 0) is 102 Å². The topological polar surface area (TPSA) is 13.1 Å². The number of fused-ring (bicyclic) bond motifs is 11. The van der Waals surface area contributed by atoms with Gasteiger partial charge in [-0.15, -0.1) is 11.3 Å². The maximum atomic E-state index is 6.53. The highest BCUT2D eigenvalue weighted by molar-refractivity contribution is 7.26. The number of rotatable bonds is 2. The molecule has 0 saturated carbocycles. The third-order valence-corrected chi connectivity index (χ3v) is 11.3. The summed E-state index contributed by atoms with van der Waals surface area (Å²) in [6.07, 6.45) is 0. The van der Waals surface area contributed by atoms with E-state index in [-0.39, 0.29) is 0 Å². The Morgan fingerprint density at radius 3 is 1.62 bits per heavy atom. The molecule has 0 N–H and O–H groups in total. The van der Waals surface area contributed by atoms with Crippen molar-refractivity contribution in [2.45, 2.75) is 0 Å². The number of thiophene rings is 1. The van der Waals surface area contributed by atoms with E-state index < -0.39 is 0 Å². The van der Waals surface area contributed by atoms with Gasteiger partial charge < -0.3 is 4.42 Å². The third-order valence-electron chi connectivity index (χ3n) is 10.2. The molecule has 0 unspecified atom stereocenters. The fourth-order valence-electron chi connectivity index (χ4n) is 8.07. The van der Waals surface area contributed by atoms with Crippen LogP contribution in [0.5, 0.6) is 0 Å². The van der Waals surface area contributed by atoms with Crippen molar-refractivity contribution in [2.75, 3.05) is 0 Å². The molecule has 0 fully saturated rings. The molecule has 0 aliphatic rings. The van der Waals surface area contributed by atoms with E-state index in [1.165, 1.54) is 85.5 Å². The fourth-order valence-corrected chi connectivity index (χ4v) is 9.20. The predicted molar refractivity (Wildman–Crippen MR) is 208 cm³/mol. The average molecular weight is 627 g/mol. The van der Waals surface area contributed by atoms with Crippen molar-refractivity contribution in [3.63, 3.8) is 0 Å². The Balaban J connectivity index is 1.20. The number of furan rings is 1. The van der Waals surface area contributed by atoms with E-state index in [0.29, 0.717) is 0 Å². The second-order valence-corrected chi connectivity index (χ2v) is 13.9. The molecule has 0 amide bonds. The maximum Gasteiger partial charge on any atom is 0.136 e. The standard InChI is InChI=1S/C46H26OS/c1-2-11-29-23-30(18-17-27(29)9-1)44-33-13-5-7-15-35(33)45(36-16-8-6-14-34(36)44)31-19-21-40-37(24-31)38-25-39-43(26-41(38)47-40)48-42-22-20-28-10-3-4-12-32(28)46(39)42/h1-26H. The van der Waals surface area contributed by atoms with Gasteiger partial charge in [-0.1, -0.05) is 121 Å². The van der Waals surface area contributed by atoms with Crippen LogP contribution >= 0.6 is 11.3 Å². The highest BCUT2D eigenvalue weighted by Crippen LogP contribution is 2.46. The van der Waals surface area contributed by atoms with Gasteiger partial charge in [0.1, 0.15) is 11.2 Å². The van der Waals surface area contributed by atoms with Crippen molar-refractivity contribution in [3.05, 3.63) is 158 Å². The van der Waals surface area contributed by atoms with E-state index in [2.05, 4.69) is 158 Å². The molecule has 0 aliphatic carbocycles. The van der Waals surface area contributed by atoms with Crippen LogP contribution < -0.4 is 0 Å². The predicted octanol–water partition coefficient (Wildman–Crippen LogP) is 13.9. The normalized spacial score (nSPS) is 12.2. The van der Waals surface area contributed by atoms with Crippen molar-refractivity contribution in [1.29, 1.82) is 0 Å². The number of hydrogen-bond acceptors (Lipinski definition) is 2. The lowest BCUT2D eigenvalue weighted by molar-refractivity contribution is 0.669. The van der Waals surface area contributed by atoms with Gasteiger partial charge in [0.25, 0.3) is 0 Å². The smallest absolute Gasteiger partial charge is 0.136 e. The molecule has 0 bridgehead atoms. The molecule has 48 heavy (non-hydrogen) atoms. The fraction of sp³-hybridized carbons (Fsp3) is 0. The largest absolute Gasteiger partial charge is 0.456 e. The Bertz CT molecular complexity index is 3060. The molecule has 11 aromatic rings. The third kappa shape index (κ3) is 3.66. The molecule has 0 radical (unpaired) electrons. The minimum atomic E-state index is 0.918. The van der Waals surface area contributed by atoms with Crippen LogP contribution in [0.2, 0.25) is 0 Å². The highest BCUT2D eigenvalue weighted by atomic mass is 32.1. The van der Waals surface area contributed by atoms with Crippen molar-refractivity contribution >= 4 is 96.5 Å². The summed E-state index contributed by atoms with van der Waals surface area (Å²) in [7, 11) is 0. The molecule has 1 nitrogen and oxygen atoms in total. The summed E-state index contributed by atoms with van der Waals surface area (Å²) in [6.45, 7) is 0. The molecule has 0 atom stereocenters. The Labute approximate surface area is 279 Å². The zero-order valence-corrected chi connectivity index (χ0v) is 26.6. The lowest BCUT2D eigenvalue weighted by Gasteiger charge is -2.18. The van der Waals surface area contributed by atoms with Gasteiger partial charge >= 0.3 is 0 Å². The summed E-state index contributed by atoms with van der Waals surface area (Å²) in [5.74, 6) is 0. The second kappa shape index (κ2) is 9.78. The van der Waals surface area contributed by atoms with E-state index in [0.717, 1.165) is 21.9 Å². The van der Waals surface area contributed by atoms with Crippen LogP contribution in [0.25, 0.3) is 107 Å². The van der Waals surface area contributed by atoms with E-state index in [4.69, 9.17) is 4.42 Å². The zero-order chi connectivity index (χ0) is 31.3. The Morgan fingerprint density at radius 1 is 0.333 bits per heavy atom. The van der Waals surface area contributed by atoms with Crippen molar-refractivity contribution in [2.24, 2.45) is 0 Å². The molecule has 0 saturated heterocycles. The molecular formula is C46H26OS. The van der Waals surface area contributed by atoms with Crippen LogP contribution in [0, 0.1) is 0 Å². The first-order valence-corrected chi connectivity index (χ1v) is 17.2. The summed E-state index contributed by atoms with van der Waals surface area (Å²) in [6, 6.07) is 57.8. The maximum absolute atomic E-state index is 6.53. The van der Waals surface area contributed by atoms with Gasteiger partial charge in [0.05, 0.1) is 0 Å². The lowest BCUT2D eigenvalue weighted by atomic mass is 9.85. The molecule has 9 aromatic carbocycles. The molecule has 222 valence electrons. The quantitative estimate of drug-likeness (QED) is 0.174. The zero-order valence-electron chi connectivity index (χ0n) is 25.8. The van der Waals surface area contributed by atoms with Gasteiger partial charge in [-0.2, -0.15) is 0 Å². The van der Waals surface area contributed by atoms with Crippen LogP contribution in [-0.4, -0.2) is 0 Å². The van der Waals surface area contributed by atoms with E-state index in [1.807, 2.05) is 11.3 Å². The molecule has 2 heterocycles. The van der Waals surface area contributed by atoms with Gasteiger partial charge in [-0.3, -0.25) is 0 Å². The molecule has 2 aromatic heterocycles. The molecule has 2 heteroatoms. The Hall–Kier alpha value is -5.96. The average Bonchev–Trinajstić information content (AvgIpc) is 3.69. The van der Waals surface area contributed by atoms with Crippen molar-refractivity contribution < 1.29 is 4.42 Å². The molecule has 0 spiro atoms. The lowest BCUT2D eigenvalue weighted by Crippen LogP contribution is -1.91. The monoisotopic (exact) mass is 626 g/mol. The highest BCUT2D eigenvalue weighted by Gasteiger charge is 2.19.